The molecule has 0 radical (unpaired) electrons. The molecule has 0 aliphatic carbocycles. The van der Waals surface area contributed by atoms with Crippen LogP contribution < -0.4 is 0 Å². The van der Waals surface area contributed by atoms with Crippen molar-refractivity contribution in [3.05, 3.63) is 0 Å². The first kappa shape index (κ1) is 13.4. The van der Waals surface area contributed by atoms with Gasteiger partial charge in [-0.25, -0.2) is 8.57 Å². The molecule has 1 saturated heterocycles. The van der Waals surface area contributed by atoms with E-state index in [-0.39, 0.29) is 0 Å². The molecule has 1 fully saturated rings. The summed E-state index contributed by atoms with van der Waals surface area (Å²) in [6.45, 7) is 0. The zero-order valence-corrected chi connectivity index (χ0v) is 7.47. The summed E-state index contributed by atoms with van der Waals surface area (Å²) in [7, 11) is -6.36. The molecule has 1 aliphatic heterocycles. The monoisotopic (exact) mass is 280 g/mol. The van der Waals surface area contributed by atoms with Crippen LogP contribution in [-0.2, 0) is 14.3 Å². The lowest BCUT2D eigenvalue weighted by molar-refractivity contribution is -0.401. The van der Waals surface area contributed by atoms with Crippen molar-refractivity contribution >= 4 is 10.1 Å². The molecule has 0 saturated carbocycles. The van der Waals surface area contributed by atoms with Gasteiger partial charge in [0.25, 0.3) is 0 Å². The Morgan fingerprint density at radius 1 is 0.875 bits per heavy atom. The molecular formula is C4F8O3S. The minimum absolute atomic E-state index is 2.41. The second-order valence-electron chi connectivity index (χ2n) is 2.72. The van der Waals surface area contributed by atoms with Crippen molar-refractivity contribution < 1.29 is 47.7 Å². The first-order chi connectivity index (χ1) is 6.71. The number of hydrogen-bond acceptors (Lipinski definition) is 3. The number of hydrogen-bond donors (Lipinski definition) is 0. The van der Waals surface area contributed by atoms with Crippen molar-refractivity contribution in [2.24, 2.45) is 0 Å². The Hall–Kier alpha value is -0.650. The SMILES string of the molecule is O=S1(=O)OC(F)(C(F)(F)F)C1(F)C(F)(F)F. The molecule has 1 aliphatic rings. The molecule has 0 aromatic rings. The van der Waals surface area contributed by atoms with E-state index in [2.05, 4.69) is 4.18 Å². The highest BCUT2D eigenvalue weighted by molar-refractivity contribution is 7.89. The van der Waals surface area contributed by atoms with Gasteiger partial charge in [-0.05, 0) is 0 Å². The van der Waals surface area contributed by atoms with Crippen LogP contribution in [0.3, 0.4) is 0 Å². The van der Waals surface area contributed by atoms with E-state index in [0.29, 0.717) is 0 Å². The molecule has 0 spiro atoms. The summed E-state index contributed by atoms with van der Waals surface area (Å²) in [6.07, 6.45) is -13.1. The molecule has 16 heavy (non-hydrogen) atoms. The van der Waals surface area contributed by atoms with Crippen LogP contribution in [0.1, 0.15) is 0 Å². The van der Waals surface area contributed by atoms with Crippen molar-refractivity contribution in [2.75, 3.05) is 0 Å². The summed E-state index contributed by atoms with van der Waals surface area (Å²) in [6, 6.07) is 0. The summed E-state index contributed by atoms with van der Waals surface area (Å²) in [5, 5.41) is -6.15. The van der Waals surface area contributed by atoms with E-state index in [1.54, 1.807) is 0 Å². The van der Waals surface area contributed by atoms with Crippen LogP contribution in [0, 0.1) is 0 Å². The number of alkyl halides is 8. The van der Waals surface area contributed by atoms with E-state index in [1.165, 1.54) is 0 Å². The Bertz CT molecular complexity index is 408. The van der Waals surface area contributed by atoms with Crippen molar-refractivity contribution in [3.63, 3.8) is 0 Å². The molecule has 0 amide bonds. The summed E-state index contributed by atoms with van der Waals surface area (Å²) in [5.41, 5.74) is 0. The van der Waals surface area contributed by atoms with Crippen molar-refractivity contribution in [1.82, 2.24) is 0 Å². The second kappa shape index (κ2) is 2.78. The van der Waals surface area contributed by atoms with Crippen LogP contribution in [0.4, 0.5) is 35.1 Å². The summed E-state index contributed by atoms with van der Waals surface area (Å²) < 4.78 is 119. The third-order valence-electron chi connectivity index (χ3n) is 1.71. The van der Waals surface area contributed by atoms with Gasteiger partial charge in [-0.1, -0.05) is 0 Å². The Kier molecular flexibility index (Phi) is 2.33. The van der Waals surface area contributed by atoms with Gasteiger partial charge in [0.05, 0.1) is 0 Å². The van der Waals surface area contributed by atoms with E-state index in [0.717, 1.165) is 0 Å². The van der Waals surface area contributed by atoms with E-state index >= 15 is 0 Å². The first-order valence-electron chi connectivity index (χ1n) is 3.17. The number of halogens is 8. The molecule has 3 nitrogen and oxygen atoms in total. The van der Waals surface area contributed by atoms with E-state index in [4.69, 9.17) is 0 Å². The fourth-order valence-corrected chi connectivity index (χ4v) is 2.21. The Labute approximate surface area is 82.1 Å². The maximum absolute atomic E-state index is 12.8. The van der Waals surface area contributed by atoms with Crippen LogP contribution in [-0.4, -0.2) is 31.6 Å². The molecule has 12 heteroatoms. The average molecular weight is 280 g/mol. The quantitative estimate of drug-likeness (QED) is 0.502. The topological polar surface area (TPSA) is 43.4 Å². The fourth-order valence-electron chi connectivity index (χ4n) is 0.943. The largest absolute Gasteiger partial charge is 0.454 e. The molecule has 1 heterocycles. The summed E-state index contributed by atoms with van der Waals surface area (Å²) in [5.74, 6) is -5.95. The average Bonchev–Trinajstić information content (AvgIpc) is 1.97. The van der Waals surface area contributed by atoms with Crippen LogP contribution in [0.5, 0.6) is 0 Å². The highest BCUT2D eigenvalue weighted by Crippen LogP contribution is 2.63. The van der Waals surface area contributed by atoms with Gasteiger partial charge in [0, 0.05) is 0 Å². The predicted molar refractivity (Wildman–Crippen MR) is 29.8 cm³/mol. The third-order valence-corrected chi connectivity index (χ3v) is 3.34. The van der Waals surface area contributed by atoms with Gasteiger partial charge < -0.3 is 0 Å². The third kappa shape index (κ3) is 1.19. The molecular weight excluding hydrogens is 280 g/mol. The molecule has 1 rings (SSSR count). The summed E-state index contributed by atoms with van der Waals surface area (Å²) >= 11 is 0. The molecule has 0 aromatic carbocycles. The molecule has 0 bridgehead atoms. The normalized spacial score (nSPS) is 39.2. The highest BCUT2D eigenvalue weighted by Gasteiger charge is 2.96. The smallest absolute Gasteiger partial charge is 0.213 e. The highest BCUT2D eigenvalue weighted by atomic mass is 32.2. The van der Waals surface area contributed by atoms with Gasteiger partial charge in [-0.3, -0.25) is 0 Å². The lowest BCUT2D eigenvalue weighted by Crippen LogP contribution is -2.78. The summed E-state index contributed by atoms with van der Waals surface area (Å²) in [4.78, 5) is 0. The van der Waals surface area contributed by atoms with Gasteiger partial charge in [-0.2, -0.15) is 39.2 Å². The standard InChI is InChI=1S/C4F8O3S/c5-1(3(7,8)9)2(6,4(10,11)12)16(13,14)15-1. The molecule has 96 valence electrons. The Balaban J connectivity index is 3.44. The zero-order valence-electron chi connectivity index (χ0n) is 6.66. The first-order valence-corrected chi connectivity index (χ1v) is 4.58. The van der Waals surface area contributed by atoms with Gasteiger partial charge in [0.15, 0.2) is 0 Å². The maximum atomic E-state index is 12.8. The van der Waals surface area contributed by atoms with Crippen molar-refractivity contribution in [3.8, 4) is 0 Å². The fraction of sp³-hybridized carbons (Fsp3) is 1.00. The molecule has 2 unspecified atom stereocenters. The molecule has 0 aromatic heterocycles. The van der Waals surface area contributed by atoms with E-state index < -0.39 is 33.3 Å². The van der Waals surface area contributed by atoms with Gasteiger partial charge in [0.1, 0.15) is 0 Å². The van der Waals surface area contributed by atoms with E-state index in [9.17, 15) is 43.5 Å². The number of rotatable bonds is 0. The molecule has 0 N–H and O–H groups in total. The Morgan fingerprint density at radius 2 is 1.25 bits per heavy atom. The van der Waals surface area contributed by atoms with Crippen molar-refractivity contribution in [2.45, 2.75) is 23.2 Å². The minimum atomic E-state index is -6.62. The van der Waals surface area contributed by atoms with Gasteiger partial charge in [0.2, 0.25) is 0 Å². The lowest BCUT2D eigenvalue weighted by atomic mass is 10.1. The second-order valence-corrected chi connectivity index (χ2v) is 4.36. The van der Waals surface area contributed by atoms with Crippen LogP contribution >= 0.6 is 0 Å². The van der Waals surface area contributed by atoms with Crippen LogP contribution in [0.15, 0.2) is 0 Å². The molecule has 2 atom stereocenters. The maximum Gasteiger partial charge on any atom is 0.454 e. The zero-order chi connectivity index (χ0) is 13.2. The van der Waals surface area contributed by atoms with Gasteiger partial charge in [-0.15, -0.1) is 0 Å². The van der Waals surface area contributed by atoms with Crippen molar-refractivity contribution in [1.29, 1.82) is 0 Å². The minimum Gasteiger partial charge on any atom is -0.213 e. The van der Waals surface area contributed by atoms with Crippen LogP contribution in [0.25, 0.3) is 0 Å². The van der Waals surface area contributed by atoms with Crippen LogP contribution in [0.2, 0.25) is 0 Å². The van der Waals surface area contributed by atoms with E-state index in [1.807, 2.05) is 0 Å². The lowest BCUT2D eigenvalue weighted by Gasteiger charge is -2.46. The van der Waals surface area contributed by atoms with Gasteiger partial charge >= 0.3 is 33.3 Å². The predicted octanol–water partition coefficient (Wildman–Crippen LogP) is 1.80. The Morgan fingerprint density at radius 3 is 1.38 bits per heavy atom.